The summed E-state index contributed by atoms with van der Waals surface area (Å²) >= 11 is 5.93. The van der Waals surface area contributed by atoms with Gasteiger partial charge in [0.1, 0.15) is 18.8 Å². The zero-order valence-corrected chi connectivity index (χ0v) is 16.4. The molecule has 2 amide bonds. The molecule has 0 radical (unpaired) electrons. The van der Waals surface area contributed by atoms with Crippen LogP contribution in [0.1, 0.15) is 17.5 Å². The van der Waals surface area contributed by atoms with Crippen LogP contribution in [0.5, 0.6) is 0 Å². The van der Waals surface area contributed by atoms with Gasteiger partial charge in [0.2, 0.25) is 11.8 Å². The number of ether oxygens (including phenoxy) is 1. The van der Waals surface area contributed by atoms with Crippen molar-refractivity contribution in [3.63, 3.8) is 0 Å². The van der Waals surface area contributed by atoms with Crippen molar-refractivity contribution in [3.8, 4) is 0 Å². The van der Waals surface area contributed by atoms with Crippen molar-refractivity contribution < 1.29 is 18.7 Å². The molecule has 150 valence electrons. The molecule has 6 nitrogen and oxygen atoms in total. The van der Waals surface area contributed by atoms with Crippen molar-refractivity contribution >= 4 is 29.6 Å². The third-order valence-electron chi connectivity index (χ3n) is 5.58. The van der Waals surface area contributed by atoms with Gasteiger partial charge in [0.25, 0.3) is 0 Å². The minimum absolute atomic E-state index is 0.0813. The van der Waals surface area contributed by atoms with Gasteiger partial charge in [-0.3, -0.25) is 14.6 Å². The van der Waals surface area contributed by atoms with Gasteiger partial charge in [-0.25, -0.2) is 4.39 Å². The summed E-state index contributed by atoms with van der Waals surface area (Å²) in [5, 5.41) is -0.490. The Morgan fingerprint density at radius 3 is 2.57 bits per heavy atom. The van der Waals surface area contributed by atoms with Gasteiger partial charge in [0, 0.05) is 25.1 Å². The Labute approximate surface area is 168 Å². The molecule has 8 heteroatoms. The summed E-state index contributed by atoms with van der Waals surface area (Å²) in [5.74, 6) is -0.554. The number of halogens is 2. The van der Waals surface area contributed by atoms with Crippen molar-refractivity contribution in [1.29, 1.82) is 0 Å². The van der Waals surface area contributed by atoms with E-state index < -0.39 is 23.8 Å². The fraction of sp³-hybridized carbons (Fsp3) is 0.550. The number of nitrogens with zero attached hydrogens (tertiary/aromatic N) is 3. The Kier molecular flexibility index (Phi) is 5.38. The maximum Gasteiger partial charge on any atom is 0.248 e. The zero-order chi connectivity index (χ0) is 19.8. The number of piperazine rings is 1. The van der Waals surface area contributed by atoms with E-state index in [2.05, 4.69) is 4.99 Å². The number of carbonyl (C=O) groups is 2. The first kappa shape index (κ1) is 19.3. The van der Waals surface area contributed by atoms with Crippen LogP contribution in [0.25, 0.3) is 0 Å². The van der Waals surface area contributed by atoms with E-state index in [0.29, 0.717) is 19.8 Å². The molecule has 0 bridgehead atoms. The maximum atomic E-state index is 14.5. The van der Waals surface area contributed by atoms with Crippen molar-refractivity contribution in [2.45, 2.75) is 43.6 Å². The van der Waals surface area contributed by atoms with Crippen molar-refractivity contribution in [3.05, 3.63) is 35.4 Å². The summed E-state index contributed by atoms with van der Waals surface area (Å²) < 4.78 is 19.8. The highest BCUT2D eigenvalue weighted by Crippen LogP contribution is 2.30. The lowest BCUT2D eigenvalue weighted by Crippen LogP contribution is -2.67. The molecule has 28 heavy (non-hydrogen) atoms. The lowest BCUT2D eigenvalue weighted by Gasteiger charge is -2.47. The highest BCUT2D eigenvalue weighted by molar-refractivity contribution is 6.28. The van der Waals surface area contributed by atoms with Gasteiger partial charge in [0.15, 0.2) is 6.17 Å². The van der Waals surface area contributed by atoms with Crippen LogP contribution in [-0.2, 0) is 20.9 Å². The number of hydrogen-bond acceptors (Lipinski definition) is 4. The van der Waals surface area contributed by atoms with E-state index in [9.17, 15) is 14.0 Å². The number of alkyl halides is 2. The molecule has 0 aromatic heterocycles. The first-order valence-corrected chi connectivity index (χ1v) is 9.92. The van der Waals surface area contributed by atoms with Crippen LogP contribution in [0.15, 0.2) is 29.3 Å². The van der Waals surface area contributed by atoms with Crippen LogP contribution >= 0.6 is 11.6 Å². The van der Waals surface area contributed by atoms with Gasteiger partial charge in [-0.05, 0) is 12.5 Å². The first-order chi connectivity index (χ1) is 13.4. The highest BCUT2D eigenvalue weighted by Gasteiger charge is 2.49. The lowest BCUT2D eigenvalue weighted by atomic mass is 9.91. The number of carbonyl (C=O) groups excluding carboxylic acids is 2. The average molecular weight is 408 g/mol. The van der Waals surface area contributed by atoms with Crippen LogP contribution in [0.2, 0.25) is 0 Å². The van der Waals surface area contributed by atoms with Crippen LogP contribution < -0.4 is 0 Å². The number of aryl methyl sites for hydroxylation is 1. The molecule has 0 saturated carbocycles. The standard InChI is InChI=1S/C20H23ClFN3O3/c1-12-2-4-13(5-3-12)8-24-17(26)9-25(19-16(22)6-15(21)7-23-19)20(27)18(24)14-10-28-11-14/h2-5,7,14-16,18-19H,6,8-11H2,1H3/t15?,16?,18-,19?/m0/s1. The number of aliphatic imine (C=N–C) groups is 1. The Morgan fingerprint density at radius 1 is 1.25 bits per heavy atom. The van der Waals surface area contributed by atoms with Gasteiger partial charge < -0.3 is 14.5 Å². The molecule has 4 atom stereocenters. The monoisotopic (exact) mass is 407 g/mol. The van der Waals surface area contributed by atoms with Crippen molar-refractivity contribution in [2.24, 2.45) is 10.9 Å². The molecule has 1 aromatic rings. The molecule has 3 unspecified atom stereocenters. The summed E-state index contributed by atoms with van der Waals surface area (Å²) in [6.07, 6.45) is -0.833. The predicted molar refractivity (Wildman–Crippen MR) is 103 cm³/mol. The molecule has 3 aliphatic heterocycles. The van der Waals surface area contributed by atoms with E-state index in [0.717, 1.165) is 11.1 Å². The average Bonchev–Trinajstić information content (AvgIpc) is 2.61. The highest BCUT2D eigenvalue weighted by atomic mass is 35.5. The Bertz CT molecular complexity index is 783. The van der Waals surface area contributed by atoms with Crippen LogP contribution in [0, 0.1) is 12.8 Å². The topological polar surface area (TPSA) is 62.2 Å². The van der Waals surface area contributed by atoms with E-state index in [1.54, 1.807) is 4.90 Å². The predicted octanol–water partition coefficient (Wildman–Crippen LogP) is 1.93. The van der Waals surface area contributed by atoms with Gasteiger partial charge in [0.05, 0.1) is 18.6 Å². The molecule has 3 aliphatic rings. The van der Waals surface area contributed by atoms with E-state index in [1.165, 1.54) is 11.1 Å². The van der Waals surface area contributed by atoms with Crippen molar-refractivity contribution in [2.75, 3.05) is 19.8 Å². The van der Waals surface area contributed by atoms with Gasteiger partial charge in [-0.15, -0.1) is 11.6 Å². The number of benzene rings is 1. The van der Waals surface area contributed by atoms with E-state index >= 15 is 0 Å². The molecule has 0 aliphatic carbocycles. The van der Waals surface area contributed by atoms with E-state index in [4.69, 9.17) is 16.3 Å². The minimum atomic E-state index is -1.38. The fourth-order valence-electron chi connectivity index (χ4n) is 3.91. The molecule has 4 rings (SSSR count). The molecule has 2 saturated heterocycles. The first-order valence-electron chi connectivity index (χ1n) is 9.48. The molecule has 3 heterocycles. The number of hydrogen-bond donors (Lipinski definition) is 0. The fourth-order valence-corrected chi connectivity index (χ4v) is 4.15. The second-order valence-corrected chi connectivity index (χ2v) is 8.26. The third kappa shape index (κ3) is 3.65. The smallest absolute Gasteiger partial charge is 0.248 e. The summed E-state index contributed by atoms with van der Waals surface area (Å²) in [7, 11) is 0. The van der Waals surface area contributed by atoms with Gasteiger partial charge in [-0.1, -0.05) is 29.8 Å². The third-order valence-corrected chi connectivity index (χ3v) is 5.87. The Morgan fingerprint density at radius 2 is 1.96 bits per heavy atom. The normalized spacial score (nSPS) is 31.2. The van der Waals surface area contributed by atoms with Gasteiger partial charge >= 0.3 is 0 Å². The zero-order valence-electron chi connectivity index (χ0n) is 15.6. The molecule has 2 fully saturated rings. The van der Waals surface area contributed by atoms with Crippen molar-refractivity contribution in [1.82, 2.24) is 9.80 Å². The minimum Gasteiger partial charge on any atom is -0.380 e. The summed E-state index contributed by atoms with van der Waals surface area (Å²) in [4.78, 5) is 33.3. The number of rotatable bonds is 4. The Hall–Kier alpha value is -1.99. The second kappa shape index (κ2) is 7.79. The van der Waals surface area contributed by atoms with E-state index in [-0.39, 0.29) is 30.7 Å². The van der Waals surface area contributed by atoms with Crippen LogP contribution in [-0.4, -0.2) is 71.3 Å². The molecular formula is C20H23ClFN3O3. The van der Waals surface area contributed by atoms with E-state index in [1.807, 2.05) is 31.2 Å². The number of amides is 2. The second-order valence-electron chi connectivity index (χ2n) is 7.70. The summed E-state index contributed by atoms with van der Waals surface area (Å²) in [6.45, 7) is 2.99. The molecular weight excluding hydrogens is 385 g/mol. The maximum absolute atomic E-state index is 14.5. The largest absolute Gasteiger partial charge is 0.380 e. The summed E-state index contributed by atoms with van der Waals surface area (Å²) in [5.41, 5.74) is 2.08. The van der Waals surface area contributed by atoms with Crippen LogP contribution in [0.4, 0.5) is 4.39 Å². The quantitative estimate of drug-likeness (QED) is 0.716. The lowest BCUT2D eigenvalue weighted by molar-refractivity contribution is -0.171. The Balaban J connectivity index is 1.59. The SMILES string of the molecule is Cc1ccc(CN2C(=O)CN(C3N=CC(Cl)CC3F)C(=O)[C@@H]2C2COC2)cc1. The summed E-state index contributed by atoms with van der Waals surface area (Å²) in [6, 6.07) is 7.21. The molecule has 0 spiro atoms. The molecule has 1 aromatic carbocycles. The molecule has 0 N–H and O–H groups in total. The van der Waals surface area contributed by atoms with Gasteiger partial charge in [-0.2, -0.15) is 0 Å². The van der Waals surface area contributed by atoms with Crippen LogP contribution in [0.3, 0.4) is 0 Å².